The van der Waals surface area contributed by atoms with Gasteiger partial charge in [-0.15, -0.1) is 0 Å². The fourth-order valence-electron chi connectivity index (χ4n) is 2.27. The van der Waals surface area contributed by atoms with Crippen LogP contribution in [0.5, 0.6) is 0 Å². The van der Waals surface area contributed by atoms with Crippen LogP contribution >= 0.6 is 0 Å². The van der Waals surface area contributed by atoms with Crippen molar-refractivity contribution in [3.63, 3.8) is 0 Å². The highest BCUT2D eigenvalue weighted by Gasteiger charge is 2.24. The Morgan fingerprint density at radius 2 is 2.05 bits per heavy atom. The number of amides is 1. The Hall–Kier alpha value is -2.16. The average Bonchev–Trinajstić information content (AvgIpc) is 3.26. The molecule has 0 saturated heterocycles. The zero-order valence-corrected chi connectivity index (χ0v) is 11.8. The van der Waals surface area contributed by atoms with Crippen molar-refractivity contribution in [3.05, 3.63) is 53.3 Å². The largest absolute Gasteiger partial charge is 0.349 e. The van der Waals surface area contributed by atoms with Gasteiger partial charge in [0.05, 0.1) is 5.56 Å². The molecule has 0 unspecified atom stereocenters. The summed E-state index contributed by atoms with van der Waals surface area (Å²) in [4.78, 5) is 16.3. The first-order chi connectivity index (χ1) is 9.65. The van der Waals surface area contributed by atoms with Gasteiger partial charge in [0.25, 0.3) is 5.91 Å². The van der Waals surface area contributed by atoms with Gasteiger partial charge in [0.15, 0.2) is 0 Å². The standard InChI is InChI=1S/C17H18N2O/c1-11-4-3-5-16(12(11)2)13-8-14(10-18-9-13)17(20)19-15-6-7-15/h3-5,8-10,15H,6-7H2,1-2H3,(H,19,20). The van der Waals surface area contributed by atoms with Gasteiger partial charge in [-0.2, -0.15) is 0 Å². The Bertz CT molecular complexity index is 660. The first-order valence-electron chi connectivity index (χ1n) is 6.97. The SMILES string of the molecule is Cc1cccc(-c2cncc(C(=O)NC3CC3)c2)c1C. The van der Waals surface area contributed by atoms with Crippen molar-refractivity contribution in [2.45, 2.75) is 32.7 Å². The molecular weight excluding hydrogens is 248 g/mol. The summed E-state index contributed by atoms with van der Waals surface area (Å²) >= 11 is 0. The molecule has 20 heavy (non-hydrogen) atoms. The van der Waals surface area contributed by atoms with E-state index in [9.17, 15) is 4.79 Å². The molecule has 3 heteroatoms. The fourth-order valence-corrected chi connectivity index (χ4v) is 2.27. The van der Waals surface area contributed by atoms with E-state index in [2.05, 4.69) is 36.3 Å². The first-order valence-corrected chi connectivity index (χ1v) is 6.97. The Labute approximate surface area is 119 Å². The third-order valence-corrected chi connectivity index (χ3v) is 3.83. The number of aromatic nitrogens is 1. The summed E-state index contributed by atoms with van der Waals surface area (Å²) < 4.78 is 0. The number of hydrogen-bond donors (Lipinski definition) is 1. The lowest BCUT2D eigenvalue weighted by molar-refractivity contribution is 0.0951. The van der Waals surface area contributed by atoms with E-state index in [4.69, 9.17) is 0 Å². The molecule has 1 amide bonds. The maximum absolute atomic E-state index is 12.1. The van der Waals surface area contributed by atoms with Gasteiger partial charge in [0, 0.05) is 24.0 Å². The number of aryl methyl sites for hydroxylation is 1. The van der Waals surface area contributed by atoms with Crippen LogP contribution in [0.1, 0.15) is 34.3 Å². The van der Waals surface area contributed by atoms with E-state index in [1.165, 1.54) is 11.1 Å². The first kappa shape index (κ1) is 12.9. The molecule has 0 atom stereocenters. The van der Waals surface area contributed by atoms with Crippen LogP contribution < -0.4 is 5.32 Å². The van der Waals surface area contributed by atoms with E-state index in [1.807, 2.05) is 18.3 Å². The zero-order chi connectivity index (χ0) is 14.1. The number of nitrogens with one attached hydrogen (secondary N) is 1. The van der Waals surface area contributed by atoms with Crippen LogP contribution in [0, 0.1) is 13.8 Å². The Balaban J connectivity index is 1.94. The molecule has 0 radical (unpaired) electrons. The van der Waals surface area contributed by atoms with Gasteiger partial charge < -0.3 is 5.32 Å². The van der Waals surface area contributed by atoms with Crippen molar-refractivity contribution in [3.8, 4) is 11.1 Å². The van der Waals surface area contributed by atoms with Gasteiger partial charge in [-0.1, -0.05) is 18.2 Å². The van der Waals surface area contributed by atoms with Crippen LogP contribution in [-0.4, -0.2) is 16.9 Å². The predicted molar refractivity (Wildman–Crippen MR) is 79.6 cm³/mol. The molecule has 1 aliphatic rings. The number of pyridine rings is 1. The molecule has 1 aromatic heterocycles. The Kier molecular flexibility index (Phi) is 3.26. The van der Waals surface area contributed by atoms with Crippen molar-refractivity contribution in [2.75, 3.05) is 0 Å². The lowest BCUT2D eigenvalue weighted by Crippen LogP contribution is -2.25. The second-order valence-corrected chi connectivity index (χ2v) is 5.46. The molecule has 1 fully saturated rings. The quantitative estimate of drug-likeness (QED) is 0.926. The van der Waals surface area contributed by atoms with Gasteiger partial charge in [0.2, 0.25) is 0 Å². The molecule has 0 aliphatic heterocycles. The molecule has 1 heterocycles. The molecule has 1 saturated carbocycles. The van der Waals surface area contributed by atoms with Gasteiger partial charge in [0.1, 0.15) is 0 Å². The monoisotopic (exact) mass is 266 g/mol. The minimum absolute atomic E-state index is 0.0212. The van der Waals surface area contributed by atoms with Gasteiger partial charge >= 0.3 is 0 Å². The van der Waals surface area contributed by atoms with Crippen LogP contribution in [0.25, 0.3) is 11.1 Å². The number of benzene rings is 1. The molecule has 0 bridgehead atoms. The van der Waals surface area contributed by atoms with Gasteiger partial charge in [-0.05, 0) is 49.4 Å². The van der Waals surface area contributed by atoms with Crippen molar-refractivity contribution in [1.29, 1.82) is 0 Å². The maximum atomic E-state index is 12.1. The van der Waals surface area contributed by atoms with E-state index in [0.717, 1.165) is 24.0 Å². The van der Waals surface area contributed by atoms with E-state index in [1.54, 1.807) is 6.20 Å². The molecule has 3 rings (SSSR count). The fraction of sp³-hybridized carbons (Fsp3) is 0.294. The van der Waals surface area contributed by atoms with Crippen molar-refractivity contribution in [2.24, 2.45) is 0 Å². The van der Waals surface area contributed by atoms with E-state index < -0.39 is 0 Å². The zero-order valence-electron chi connectivity index (χ0n) is 11.8. The highest BCUT2D eigenvalue weighted by Crippen LogP contribution is 2.26. The molecule has 3 nitrogen and oxygen atoms in total. The second kappa shape index (κ2) is 5.08. The molecular formula is C17H18N2O. The van der Waals surface area contributed by atoms with Crippen molar-refractivity contribution in [1.82, 2.24) is 10.3 Å². The van der Waals surface area contributed by atoms with Crippen LogP contribution in [0.15, 0.2) is 36.7 Å². The van der Waals surface area contributed by atoms with Crippen LogP contribution in [0.3, 0.4) is 0 Å². The molecule has 2 aromatic rings. The number of carbonyl (C=O) groups excluding carboxylic acids is 1. The van der Waals surface area contributed by atoms with Gasteiger partial charge in [-0.3, -0.25) is 9.78 Å². The molecule has 1 aliphatic carbocycles. The minimum Gasteiger partial charge on any atom is -0.349 e. The third kappa shape index (κ3) is 2.57. The number of nitrogens with zero attached hydrogens (tertiary/aromatic N) is 1. The lowest BCUT2D eigenvalue weighted by atomic mass is 9.97. The Morgan fingerprint density at radius 3 is 2.80 bits per heavy atom. The highest BCUT2D eigenvalue weighted by molar-refractivity contribution is 5.95. The van der Waals surface area contributed by atoms with Crippen molar-refractivity contribution < 1.29 is 4.79 Å². The molecule has 0 spiro atoms. The Morgan fingerprint density at radius 1 is 1.25 bits per heavy atom. The van der Waals surface area contributed by atoms with Gasteiger partial charge in [-0.25, -0.2) is 0 Å². The number of hydrogen-bond acceptors (Lipinski definition) is 2. The predicted octanol–water partition coefficient (Wildman–Crippen LogP) is 3.26. The molecule has 1 aromatic carbocycles. The topological polar surface area (TPSA) is 42.0 Å². The maximum Gasteiger partial charge on any atom is 0.253 e. The summed E-state index contributed by atoms with van der Waals surface area (Å²) in [5, 5.41) is 3.00. The summed E-state index contributed by atoms with van der Waals surface area (Å²) in [6, 6.07) is 8.49. The lowest BCUT2D eigenvalue weighted by Gasteiger charge is -2.10. The molecule has 1 N–H and O–H groups in total. The van der Waals surface area contributed by atoms with Crippen LogP contribution in [0.4, 0.5) is 0 Å². The van der Waals surface area contributed by atoms with E-state index in [-0.39, 0.29) is 5.91 Å². The van der Waals surface area contributed by atoms with Crippen LogP contribution in [-0.2, 0) is 0 Å². The second-order valence-electron chi connectivity index (χ2n) is 5.46. The summed E-state index contributed by atoms with van der Waals surface area (Å²) in [6.45, 7) is 4.19. The van der Waals surface area contributed by atoms with E-state index >= 15 is 0 Å². The van der Waals surface area contributed by atoms with Crippen LogP contribution in [0.2, 0.25) is 0 Å². The highest BCUT2D eigenvalue weighted by atomic mass is 16.1. The number of carbonyl (C=O) groups is 1. The van der Waals surface area contributed by atoms with E-state index in [0.29, 0.717) is 11.6 Å². The summed E-state index contributed by atoms with van der Waals surface area (Å²) in [7, 11) is 0. The smallest absolute Gasteiger partial charge is 0.253 e. The number of rotatable bonds is 3. The summed E-state index contributed by atoms with van der Waals surface area (Å²) in [5.41, 5.74) is 5.24. The average molecular weight is 266 g/mol. The summed E-state index contributed by atoms with van der Waals surface area (Å²) in [6.07, 6.45) is 5.63. The normalized spacial score (nSPS) is 14.1. The molecule has 102 valence electrons. The minimum atomic E-state index is -0.0212. The summed E-state index contributed by atoms with van der Waals surface area (Å²) in [5.74, 6) is -0.0212. The van der Waals surface area contributed by atoms with Crippen molar-refractivity contribution >= 4 is 5.91 Å². The third-order valence-electron chi connectivity index (χ3n) is 3.83.